The van der Waals surface area contributed by atoms with E-state index in [1.807, 2.05) is 12.1 Å². The first-order chi connectivity index (χ1) is 9.26. The smallest absolute Gasteiger partial charge is 0.122 e. The van der Waals surface area contributed by atoms with Gasteiger partial charge >= 0.3 is 0 Å². The van der Waals surface area contributed by atoms with E-state index in [2.05, 4.69) is 43.3 Å². The van der Waals surface area contributed by atoms with Crippen LogP contribution in [0.3, 0.4) is 0 Å². The quantitative estimate of drug-likeness (QED) is 0.887. The molecule has 2 N–H and O–H groups in total. The number of nitrogens with two attached hydrogens (primary N) is 1. The molecule has 0 aliphatic rings. The van der Waals surface area contributed by atoms with Crippen molar-refractivity contribution in [2.45, 2.75) is 19.3 Å². The van der Waals surface area contributed by atoms with Gasteiger partial charge in [0.2, 0.25) is 0 Å². The van der Waals surface area contributed by atoms with Crippen LogP contribution in [0.4, 0.5) is 0 Å². The minimum atomic E-state index is 0.293. The van der Waals surface area contributed by atoms with E-state index in [-0.39, 0.29) is 0 Å². The molecule has 0 spiro atoms. The number of ether oxygens (including phenoxy) is 1. The van der Waals surface area contributed by atoms with Crippen LogP contribution in [0, 0.1) is 6.92 Å². The second-order valence-corrected chi connectivity index (χ2v) is 4.79. The lowest BCUT2D eigenvalue weighted by Crippen LogP contribution is -2.10. The van der Waals surface area contributed by atoms with Crippen molar-refractivity contribution in [2.24, 2.45) is 5.73 Å². The molecule has 0 aliphatic carbocycles. The van der Waals surface area contributed by atoms with E-state index in [1.54, 1.807) is 7.11 Å². The Morgan fingerprint density at radius 3 is 2.58 bits per heavy atom. The lowest BCUT2D eigenvalue weighted by Gasteiger charge is -2.20. The third-order valence-corrected chi connectivity index (χ3v) is 3.41. The molecule has 19 heavy (non-hydrogen) atoms. The highest BCUT2D eigenvalue weighted by atomic mass is 16.5. The van der Waals surface area contributed by atoms with Crippen molar-refractivity contribution < 1.29 is 4.74 Å². The summed E-state index contributed by atoms with van der Waals surface area (Å²) in [4.78, 5) is 0. The number of hydrogen-bond acceptors (Lipinski definition) is 2. The zero-order valence-corrected chi connectivity index (χ0v) is 11.6. The molecule has 0 aliphatic heterocycles. The first kappa shape index (κ1) is 13.6. The molecule has 2 rings (SSSR count). The van der Waals surface area contributed by atoms with E-state index in [9.17, 15) is 0 Å². The second kappa shape index (κ2) is 6.39. The number of benzene rings is 2. The average molecular weight is 255 g/mol. The van der Waals surface area contributed by atoms with E-state index in [1.165, 1.54) is 16.7 Å². The lowest BCUT2D eigenvalue weighted by molar-refractivity contribution is 0.406. The van der Waals surface area contributed by atoms with Crippen LogP contribution in [-0.4, -0.2) is 13.7 Å². The highest BCUT2D eigenvalue weighted by Crippen LogP contribution is 2.34. The molecule has 2 nitrogen and oxygen atoms in total. The molecule has 0 radical (unpaired) electrons. The topological polar surface area (TPSA) is 35.2 Å². The minimum Gasteiger partial charge on any atom is -0.496 e. The minimum absolute atomic E-state index is 0.293. The maximum atomic E-state index is 5.79. The molecule has 0 fully saturated rings. The maximum absolute atomic E-state index is 5.79. The highest BCUT2D eigenvalue weighted by molar-refractivity contribution is 5.42. The monoisotopic (exact) mass is 255 g/mol. The first-order valence-electron chi connectivity index (χ1n) is 6.65. The Morgan fingerprint density at radius 2 is 1.89 bits per heavy atom. The maximum Gasteiger partial charge on any atom is 0.122 e. The van der Waals surface area contributed by atoms with Crippen LogP contribution in [0.15, 0.2) is 48.5 Å². The normalized spacial score (nSPS) is 12.2. The van der Waals surface area contributed by atoms with Crippen molar-refractivity contribution >= 4 is 0 Å². The summed E-state index contributed by atoms with van der Waals surface area (Å²) in [6.07, 6.45) is 0.920. The number of methoxy groups -OCH3 is 1. The standard InChI is InChI=1S/C17H21NO/c1-13-6-5-7-14(12-13)15(10-11-18)16-8-3-4-9-17(16)19-2/h3-9,12,15H,10-11,18H2,1-2H3. The summed E-state index contributed by atoms with van der Waals surface area (Å²) in [5.41, 5.74) is 9.58. The van der Waals surface area contributed by atoms with Gasteiger partial charge in [0, 0.05) is 11.5 Å². The predicted molar refractivity (Wildman–Crippen MR) is 79.7 cm³/mol. The van der Waals surface area contributed by atoms with Gasteiger partial charge in [0.15, 0.2) is 0 Å². The van der Waals surface area contributed by atoms with Gasteiger partial charge < -0.3 is 10.5 Å². The Labute approximate surface area is 115 Å². The van der Waals surface area contributed by atoms with Gasteiger partial charge in [-0.25, -0.2) is 0 Å². The van der Waals surface area contributed by atoms with E-state index in [0.29, 0.717) is 12.5 Å². The number of rotatable bonds is 5. The molecule has 0 aromatic heterocycles. The molecule has 100 valence electrons. The van der Waals surface area contributed by atoms with E-state index >= 15 is 0 Å². The Balaban J connectivity index is 2.45. The van der Waals surface area contributed by atoms with Crippen molar-refractivity contribution in [3.05, 3.63) is 65.2 Å². The van der Waals surface area contributed by atoms with Gasteiger partial charge in [-0.05, 0) is 31.5 Å². The fraction of sp³-hybridized carbons (Fsp3) is 0.294. The number of para-hydroxylation sites is 1. The van der Waals surface area contributed by atoms with E-state index in [0.717, 1.165) is 12.2 Å². The third-order valence-electron chi connectivity index (χ3n) is 3.41. The Morgan fingerprint density at radius 1 is 1.11 bits per heavy atom. The Kier molecular flexibility index (Phi) is 4.58. The fourth-order valence-electron chi connectivity index (χ4n) is 2.51. The van der Waals surface area contributed by atoms with Gasteiger partial charge in [0.1, 0.15) is 5.75 Å². The lowest BCUT2D eigenvalue weighted by atomic mass is 9.87. The summed E-state index contributed by atoms with van der Waals surface area (Å²) in [6.45, 7) is 2.78. The van der Waals surface area contributed by atoms with Gasteiger partial charge in [-0.3, -0.25) is 0 Å². The van der Waals surface area contributed by atoms with Crippen molar-refractivity contribution in [2.75, 3.05) is 13.7 Å². The van der Waals surface area contributed by atoms with Crippen LogP contribution in [0.5, 0.6) is 5.75 Å². The van der Waals surface area contributed by atoms with E-state index < -0.39 is 0 Å². The van der Waals surface area contributed by atoms with Crippen molar-refractivity contribution in [1.82, 2.24) is 0 Å². The summed E-state index contributed by atoms with van der Waals surface area (Å²) in [6, 6.07) is 16.8. The second-order valence-electron chi connectivity index (χ2n) is 4.79. The molecular weight excluding hydrogens is 234 g/mol. The first-order valence-corrected chi connectivity index (χ1v) is 6.65. The predicted octanol–water partition coefficient (Wildman–Crippen LogP) is 3.48. The van der Waals surface area contributed by atoms with Crippen molar-refractivity contribution in [1.29, 1.82) is 0 Å². The summed E-state index contributed by atoms with van der Waals surface area (Å²) < 4.78 is 5.48. The molecule has 2 aromatic rings. The SMILES string of the molecule is COc1ccccc1C(CCN)c1cccc(C)c1. The Hall–Kier alpha value is -1.80. The van der Waals surface area contributed by atoms with Crippen LogP contribution < -0.4 is 10.5 Å². The molecule has 0 amide bonds. The summed E-state index contributed by atoms with van der Waals surface area (Å²) in [5.74, 6) is 1.23. The zero-order chi connectivity index (χ0) is 13.7. The number of hydrogen-bond donors (Lipinski definition) is 1. The average Bonchev–Trinajstić information content (AvgIpc) is 2.45. The van der Waals surface area contributed by atoms with Gasteiger partial charge in [0.05, 0.1) is 7.11 Å². The van der Waals surface area contributed by atoms with Gasteiger partial charge in [0.25, 0.3) is 0 Å². The molecule has 0 bridgehead atoms. The van der Waals surface area contributed by atoms with Gasteiger partial charge in [-0.1, -0.05) is 48.0 Å². The largest absolute Gasteiger partial charge is 0.496 e. The molecule has 1 atom stereocenters. The van der Waals surface area contributed by atoms with Crippen LogP contribution in [-0.2, 0) is 0 Å². The summed E-state index contributed by atoms with van der Waals surface area (Å²) in [5, 5.41) is 0. The molecule has 2 heteroatoms. The van der Waals surface area contributed by atoms with Crippen molar-refractivity contribution in [3.8, 4) is 5.75 Å². The number of aryl methyl sites for hydroxylation is 1. The zero-order valence-electron chi connectivity index (χ0n) is 11.6. The van der Waals surface area contributed by atoms with Crippen LogP contribution >= 0.6 is 0 Å². The van der Waals surface area contributed by atoms with Gasteiger partial charge in [-0.15, -0.1) is 0 Å². The molecular formula is C17H21NO. The highest BCUT2D eigenvalue weighted by Gasteiger charge is 2.17. The molecule has 1 unspecified atom stereocenters. The fourth-order valence-corrected chi connectivity index (χ4v) is 2.51. The van der Waals surface area contributed by atoms with Gasteiger partial charge in [-0.2, -0.15) is 0 Å². The van der Waals surface area contributed by atoms with E-state index in [4.69, 9.17) is 10.5 Å². The molecule has 0 saturated carbocycles. The molecule has 2 aromatic carbocycles. The molecule has 0 heterocycles. The Bertz CT molecular complexity index is 536. The van der Waals surface area contributed by atoms with Crippen LogP contribution in [0.2, 0.25) is 0 Å². The van der Waals surface area contributed by atoms with Crippen LogP contribution in [0.25, 0.3) is 0 Å². The summed E-state index contributed by atoms with van der Waals surface area (Å²) in [7, 11) is 1.72. The van der Waals surface area contributed by atoms with Crippen LogP contribution in [0.1, 0.15) is 29.0 Å². The molecule has 0 saturated heterocycles. The van der Waals surface area contributed by atoms with Crippen molar-refractivity contribution in [3.63, 3.8) is 0 Å². The third kappa shape index (κ3) is 3.15. The summed E-state index contributed by atoms with van der Waals surface area (Å²) >= 11 is 0.